The van der Waals surface area contributed by atoms with Crippen molar-refractivity contribution in [1.29, 1.82) is 5.26 Å². The molecule has 4 heteroatoms. The summed E-state index contributed by atoms with van der Waals surface area (Å²) in [5, 5.41) is 22.9. The molecule has 2 rings (SSSR count). The van der Waals surface area contributed by atoms with Gasteiger partial charge in [-0.25, -0.2) is 4.79 Å². The number of carbonyl (C=O) groups is 1. The topological polar surface area (TPSA) is 73.1 Å². The number of hydrogen-bond acceptors (Lipinski definition) is 3. The zero-order valence-corrected chi connectivity index (χ0v) is 10.8. The predicted octanol–water partition coefficient (Wildman–Crippen LogP) is 3.15. The molecule has 0 saturated heterocycles. The summed E-state index contributed by atoms with van der Waals surface area (Å²) < 4.78 is 0. The van der Waals surface area contributed by atoms with Gasteiger partial charge in [0, 0.05) is 16.5 Å². The van der Waals surface area contributed by atoms with Crippen molar-refractivity contribution >= 4 is 22.4 Å². The standard InChI is InChI=1S/C16H14N2O2/c1-2-5-15(16(19)20)18-14-9-8-11(10-17)12-6-3-4-7-13(12)14/h2-4,6-9,15,18H,1,5H2,(H,19,20). The van der Waals surface area contributed by atoms with Crippen molar-refractivity contribution in [2.24, 2.45) is 0 Å². The molecule has 0 aromatic heterocycles. The van der Waals surface area contributed by atoms with E-state index in [2.05, 4.69) is 18.0 Å². The lowest BCUT2D eigenvalue weighted by atomic mass is 10.0. The Balaban J connectivity index is 2.48. The van der Waals surface area contributed by atoms with Crippen LogP contribution in [0.25, 0.3) is 10.8 Å². The van der Waals surface area contributed by atoms with E-state index in [1.165, 1.54) is 0 Å². The van der Waals surface area contributed by atoms with Crippen LogP contribution in [-0.2, 0) is 4.79 Å². The van der Waals surface area contributed by atoms with Crippen LogP contribution in [0.3, 0.4) is 0 Å². The lowest BCUT2D eigenvalue weighted by molar-refractivity contribution is -0.137. The quantitative estimate of drug-likeness (QED) is 0.815. The Labute approximate surface area is 117 Å². The van der Waals surface area contributed by atoms with Crippen LogP contribution in [-0.4, -0.2) is 17.1 Å². The summed E-state index contributed by atoms with van der Waals surface area (Å²) in [6, 6.07) is 12.3. The molecule has 20 heavy (non-hydrogen) atoms. The van der Waals surface area contributed by atoms with Gasteiger partial charge in [-0.3, -0.25) is 0 Å². The summed E-state index contributed by atoms with van der Waals surface area (Å²) in [4.78, 5) is 11.2. The minimum absolute atomic E-state index is 0.323. The van der Waals surface area contributed by atoms with Crippen LogP contribution < -0.4 is 5.32 Å². The highest BCUT2D eigenvalue weighted by Gasteiger charge is 2.16. The molecule has 0 aliphatic heterocycles. The molecule has 0 aliphatic rings. The van der Waals surface area contributed by atoms with Gasteiger partial charge in [0.05, 0.1) is 11.6 Å². The van der Waals surface area contributed by atoms with Gasteiger partial charge in [0.1, 0.15) is 6.04 Å². The average molecular weight is 266 g/mol. The summed E-state index contributed by atoms with van der Waals surface area (Å²) in [5.74, 6) is -0.932. The Morgan fingerprint density at radius 3 is 2.65 bits per heavy atom. The molecule has 2 aromatic rings. The monoisotopic (exact) mass is 266 g/mol. The fourth-order valence-corrected chi connectivity index (χ4v) is 2.10. The number of carboxylic acids is 1. The van der Waals surface area contributed by atoms with E-state index in [-0.39, 0.29) is 0 Å². The number of nitrogens with one attached hydrogen (secondary N) is 1. The first-order valence-corrected chi connectivity index (χ1v) is 6.19. The highest BCUT2D eigenvalue weighted by molar-refractivity contribution is 5.98. The summed E-state index contributed by atoms with van der Waals surface area (Å²) in [6.45, 7) is 3.57. The Kier molecular flexibility index (Phi) is 4.02. The highest BCUT2D eigenvalue weighted by atomic mass is 16.4. The molecular formula is C16H14N2O2. The number of aliphatic carboxylic acids is 1. The maximum absolute atomic E-state index is 11.2. The van der Waals surface area contributed by atoms with Gasteiger partial charge in [-0.2, -0.15) is 5.26 Å². The number of fused-ring (bicyclic) bond motifs is 1. The molecule has 1 atom stereocenters. The van der Waals surface area contributed by atoms with E-state index in [0.29, 0.717) is 17.7 Å². The number of carboxylic acid groups (broad SMARTS) is 1. The fourth-order valence-electron chi connectivity index (χ4n) is 2.10. The van der Waals surface area contributed by atoms with Gasteiger partial charge in [0.15, 0.2) is 0 Å². The normalized spacial score (nSPS) is 11.6. The molecule has 0 heterocycles. The fraction of sp³-hybridized carbons (Fsp3) is 0.125. The molecule has 0 fully saturated rings. The molecule has 1 unspecified atom stereocenters. The summed E-state index contributed by atoms with van der Waals surface area (Å²) in [7, 11) is 0. The van der Waals surface area contributed by atoms with Gasteiger partial charge in [-0.1, -0.05) is 30.3 Å². The molecule has 0 bridgehead atoms. The van der Waals surface area contributed by atoms with Gasteiger partial charge < -0.3 is 10.4 Å². The van der Waals surface area contributed by atoms with E-state index in [1.807, 2.05) is 24.3 Å². The molecule has 100 valence electrons. The molecule has 0 aliphatic carbocycles. The first-order chi connectivity index (χ1) is 9.67. The van der Waals surface area contributed by atoms with E-state index in [9.17, 15) is 9.90 Å². The second-order valence-electron chi connectivity index (χ2n) is 4.38. The summed E-state index contributed by atoms with van der Waals surface area (Å²) in [5.41, 5.74) is 1.27. The van der Waals surface area contributed by atoms with Gasteiger partial charge in [-0.05, 0) is 18.6 Å². The van der Waals surface area contributed by atoms with E-state index in [4.69, 9.17) is 5.26 Å². The van der Waals surface area contributed by atoms with Gasteiger partial charge >= 0.3 is 5.97 Å². The SMILES string of the molecule is C=CCC(Nc1ccc(C#N)c2ccccc12)C(=O)O. The van der Waals surface area contributed by atoms with Crippen molar-refractivity contribution in [1.82, 2.24) is 0 Å². The minimum Gasteiger partial charge on any atom is -0.480 e. The second kappa shape index (κ2) is 5.89. The maximum atomic E-state index is 11.2. The highest BCUT2D eigenvalue weighted by Crippen LogP contribution is 2.27. The van der Waals surface area contributed by atoms with Gasteiger partial charge in [0.25, 0.3) is 0 Å². The van der Waals surface area contributed by atoms with Crippen molar-refractivity contribution in [3.05, 3.63) is 54.6 Å². The Hall–Kier alpha value is -2.80. The number of anilines is 1. The molecule has 0 radical (unpaired) electrons. The first kappa shape index (κ1) is 13.6. The molecule has 0 saturated carbocycles. The van der Waals surface area contributed by atoms with Crippen LogP contribution in [0, 0.1) is 11.3 Å². The zero-order chi connectivity index (χ0) is 14.5. The average Bonchev–Trinajstić information content (AvgIpc) is 2.46. The lowest BCUT2D eigenvalue weighted by Crippen LogP contribution is -2.28. The van der Waals surface area contributed by atoms with E-state index < -0.39 is 12.0 Å². The van der Waals surface area contributed by atoms with Crippen LogP contribution in [0.4, 0.5) is 5.69 Å². The predicted molar refractivity (Wildman–Crippen MR) is 78.5 cm³/mol. The molecule has 2 N–H and O–H groups in total. The van der Waals surface area contributed by atoms with Crippen molar-refractivity contribution in [2.45, 2.75) is 12.5 Å². The van der Waals surface area contributed by atoms with Crippen molar-refractivity contribution in [2.75, 3.05) is 5.32 Å². The third kappa shape index (κ3) is 2.62. The second-order valence-corrected chi connectivity index (χ2v) is 4.38. The molecule has 2 aromatic carbocycles. The van der Waals surface area contributed by atoms with Crippen LogP contribution in [0.1, 0.15) is 12.0 Å². The molecule has 0 spiro atoms. The smallest absolute Gasteiger partial charge is 0.326 e. The van der Waals surface area contributed by atoms with Crippen LogP contribution in [0.15, 0.2) is 49.1 Å². The van der Waals surface area contributed by atoms with Crippen molar-refractivity contribution in [3.63, 3.8) is 0 Å². The number of nitriles is 1. The first-order valence-electron chi connectivity index (χ1n) is 6.19. The summed E-state index contributed by atoms with van der Waals surface area (Å²) >= 11 is 0. The lowest BCUT2D eigenvalue weighted by Gasteiger charge is -2.16. The molecular weight excluding hydrogens is 252 g/mol. The van der Waals surface area contributed by atoms with Crippen LogP contribution in [0.2, 0.25) is 0 Å². The van der Waals surface area contributed by atoms with Crippen LogP contribution >= 0.6 is 0 Å². The molecule has 0 amide bonds. The zero-order valence-electron chi connectivity index (χ0n) is 10.8. The Morgan fingerprint density at radius 1 is 1.35 bits per heavy atom. The van der Waals surface area contributed by atoms with Gasteiger partial charge in [-0.15, -0.1) is 6.58 Å². The van der Waals surface area contributed by atoms with Crippen molar-refractivity contribution < 1.29 is 9.90 Å². The van der Waals surface area contributed by atoms with Crippen molar-refractivity contribution in [3.8, 4) is 6.07 Å². The third-order valence-electron chi connectivity index (χ3n) is 3.07. The Bertz CT molecular complexity index is 701. The maximum Gasteiger partial charge on any atom is 0.326 e. The number of hydrogen-bond donors (Lipinski definition) is 2. The van der Waals surface area contributed by atoms with E-state index in [1.54, 1.807) is 18.2 Å². The largest absolute Gasteiger partial charge is 0.480 e. The molecule has 4 nitrogen and oxygen atoms in total. The minimum atomic E-state index is -0.932. The van der Waals surface area contributed by atoms with Gasteiger partial charge in [0.2, 0.25) is 0 Å². The van der Waals surface area contributed by atoms with E-state index in [0.717, 1.165) is 10.8 Å². The number of nitrogens with zero attached hydrogens (tertiary/aromatic N) is 1. The summed E-state index contributed by atoms with van der Waals surface area (Å²) in [6.07, 6.45) is 1.89. The van der Waals surface area contributed by atoms with E-state index >= 15 is 0 Å². The van der Waals surface area contributed by atoms with Crippen LogP contribution in [0.5, 0.6) is 0 Å². The number of rotatable bonds is 5. The number of benzene rings is 2. The third-order valence-corrected chi connectivity index (χ3v) is 3.07. The Morgan fingerprint density at radius 2 is 2.05 bits per heavy atom.